The molecule has 1 aromatic carbocycles. The molecule has 3 nitrogen and oxygen atoms in total. The lowest BCUT2D eigenvalue weighted by molar-refractivity contribution is 0.416. The predicted molar refractivity (Wildman–Crippen MR) is 66.5 cm³/mol. The molecule has 0 aliphatic rings. The first kappa shape index (κ1) is 11.1. The van der Waals surface area contributed by atoms with Gasteiger partial charge in [0.05, 0.1) is 22.8 Å². The maximum absolute atomic E-state index is 5.28. The molecule has 0 spiro atoms. The van der Waals surface area contributed by atoms with E-state index in [1.165, 1.54) is 0 Å². The summed E-state index contributed by atoms with van der Waals surface area (Å²) in [4.78, 5) is 8.69. The molecule has 4 heteroatoms. The molecular weight excluding hydrogens is 268 g/mol. The number of aromatic nitrogens is 2. The second-order valence-corrected chi connectivity index (χ2v) is 4.18. The van der Waals surface area contributed by atoms with Crippen molar-refractivity contribution in [2.24, 2.45) is 0 Å². The van der Waals surface area contributed by atoms with Crippen molar-refractivity contribution in [1.82, 2.24) is 9.97 Å². The van der Waals surface area contributed by atoms with Gasteiger partial charge >= 0.3 is 0 Å². The highest BCUT2D eigenvalue weighted by Crippen LogP contribution is 2.27. The van der Waals surface area contributed by atoms with E-state index in [4.69, 9.17) is 4.74 Å². The van der Waals surface area contributed by atoms with Gasteiger partial charge in [-0.05, 0) is 35.0 Å². The fourth-order valence-corrected chi connectivity index (χ4v) is 1.60. The highest BCUT2D eigenvalue weighted by molar-refractivity contribution is 9.10. The van der Waals surface area contributed by atoms with E-state index in [-0.39, 0.29) is 0 Å². The summed E-state index contributed by atoms with van der Waals surface area (Å²) in [5.41, 5.74) is 1.82. The first-order valence-corrected chi connectivity index (χ1v) is 5.64. The largest absolute Gasteiger partial charge is 0.496 e. The number of hydrogen-bond donors (Lipinski definition) is 0. The first-order valence-electron chi connectivity index (χ1n) is 4.85. The van der Waals surface area contributed by atoms with Gasteiger partial charge in [0.25, 0.3) is 0 Å². The van der Waals surface area contributed by atoms with Gasteiger partial charge in [0.15, 0.2) is 5.82 Å². The molecule has 0 bridgehead atoms. The second kappa shape index (κ2) is 4.61. The third-order valence-corrected chi connectivity index (χ3v) is 3.05. The van der Waals surface area contributed by atoms with E-state index >= 15 is 0 Å². The Bertz CT molecular complexity index is 514. The number of hydrogen-bond acceptors (Lipinski definition) is 3. The summed E-state index contributed by atoms with van der Waals surface area (Å²) in [5.74, 6) is 1.46. The van der Waals surface area contributed by atoms with Crippen molar-refractivity contribution in [2.45, 2.75) is 6.92 Å². The summed E-state index contributed by atoms with van der Waals surface area (Å²) in [5, 5.41) is 0. The van der Waals surface area contributed by atoms with Gasteiger partial charge < -0.3 is 4.74 Å². The fraction of sp³-hybridized carbons (Fsp3) is 0.167. The molecule has 0 fully saturated rings. The zero-order valence-corrected chi connectivity index (χ0v) is 10.7. The molecule has 0 aliphatic heterocycles. The van der Waals surface area contributed by atoms with Crippen LogP contribution < -0.4 is 4.74 Å². The number of ether oxygens (including phenoxy) is 1. The monoisotopic (exact) mass is 278 g/mol. The molecule has 0 saturated carbocycles. The van der Waals surface area contributed by atoms with Crippen LogP contribution in [0.5, 0.6) is 5.75 Å². The van der Waals surface area contributed by atoms with Crippen LogP contribution in [0.2, 0.25) is 0 Å². The average Bonchev–Trinajstić information content (AvgIpc) is 2.32. The quantitative estimate of drug-likeness (QED) is 0.846. The minimum absolute atomic E-state index is 0.679. The lowest BCUT2D eigenvalue weighted by atomic mass is 10.2. The van der Waals surface area contributed by atoms with Crippen molar-refractivity contribution in [3.63, 3.8) is 0 Å². The number of methoxy groups -OCH3 is 1. The highest BCUT2D eigenvalue weighted by atomic mass is 79.9. The fourth-order valence-electron chi connectivity index (χ4n) is 1.41. The number of benzene rings is 1. The van der Waals surface area contributed by atoms with Gasteiger partial charge in [0.1, 0.15) is 5.75 Å². The van der Waals surface area contributed by atoms with Crippen molar-refractivity contribution in [1.29, 1.82) is 0 Å². The first-order chi connectivity index (χ1) is 7.72. The Kier molecular flexibility index (Phi) is 3.19. The Balaban J connectivity index is 2.54. The Labute approximate surface area is 103 Å². The van der Waals surface area contributed by atoms with Crippen LogP contribution >= 0.6 is 15.9 Å². The van der Waals surface area contributed by atoms with Crippen LogP contribution in [0, 0.1) is 6.92 Å². The van der Waals surface area contributed by atoms with Gasteiger partial charge in [0, 0.05) is 6.20 Å². The van der Waals surface area contributed by atoms with Crippen molar-refractivity contribution >= 4 is 15.9 Å². The second-order valence-electron chi connectivity index (χ2n) is 3.33. The molecule has 2 rings (SSSR count). The molecule has 0 aliphatic carbocycles. The summed E-state index contributed by atoms with van der Waals surface area (Å²) < 4.78 is 6.19. The van der Waals surface area contributed by atoms with Crippen molar-refractivity contribution in [2.75, 3.05) is 7.11 Å². The minimum atomic E-state index is 0.679. The molecule has 0 saturated heterocycles. The molecule has 16 heavy (non-hydrogen) atoms. The van der Waals surface area contributed by atoms with Crippen LogP contribution in [-0.2, 0) is 0 Å². The van der Waals surface area contributed by atoms with Gasteiger partial charge in [-0.3, -0.25) is 0 Å². The molecule has 1 aromatic heterocycles. The van der Waals surface area contributed by atoms with Crippen LogP contribution in [-0.4, -0.2) is 17.1 Å². The topological polar surface area (TPSA) is 35.0 Å². The van der Waals surface area contributed by atoms with Crippen LogP contribution in [0.4, 0.5) is 0 Å². The van der Waals surface area contributed by atoms with Gasteiger partial charge in [-0.2, -0.15) is 0 Å². The molecule has 0 unspecified atom stereocenters. The third-order valence-electron chi connectivity index (χ3n) is 2.27. The molecule has 1 heterocycles. The summed E-state index contributed by atoms with van der Waals surface area (Å²) in [7, 11) is 1.64. The Morgan fingerprint density at radius 2 is 2.00 bits per heavy atom. The minimum Gasteiger partial charge on any atom is -0.496 e. The highest BCUT2D eigenvalue weighted by Gasteiger charge is 2.08. The average molecular weight is 279 g/mol. The molecule has 2 aromatic rings. The standard InChI is InChI=1S/C12H11BrN2O/c1-8-10(13)7-14-12(15-8)9-5-3-4-6-11(9)16-2/h3-7H,1-2H3. The van der Waals surface area contributed by atoms with E-state index in [0.717, 1.165) is 21.5 Å². The zero-order valence-electron chi connectivity index (χ0n) is 9.07. The molecular formula is C12H11BrN2O. The number of halogens is 1. The Hall–Kier alpha value is -1.42. The van der Waals surface area contributed by atoms with Gasteiger partial charge in [-0.25, -0.2) is 9.97 Å². The van der Waals surface area contributed by atoms with E-state index in [1.54, 1.807) is 13.3 Å². The Morgan fingerprint density at radius 1 is 1.25 bits per heavy atom. The predicted octanol–water partition coefficient (Wildman–Crippen LogP) is 3.22. The van der Waals surface area contributed by atoms with Gasteiger partial charge in [-0.1, -0.05) is 12.1 Å². The zero-order chi connectivity index (χ0) is 11.5. The van der Waals surface area contributed by atoms with Crippen LogP contribution in [0.1, 0.15) is 5.69 Å². The summed E-state index contributed by atoms with van der Waals surface area (Å²) >= 11 is 3.38. The SMILES string of the molecule is COc1ccccc1-c1ncc(Br)c(C)n1. The summed E-state index contributed by atoms with van der Waals surface area (Å²) in [6.45, 7) is 1.94. The van der Waals surface area contributed by atoms with Gasteiger partial charge in [0.2, 0.25) is 0 Å². The van der Waals surface area contributed by atoms with Crippen molar-refractivity contribution in [3.8, 4) is 17.1 Å². The molecule has 82 valence electrons. The summed E-state index contributed by atoms with van der Waals surface area (Å²) in [6.07, 6.45) is 1.75. The maximum Gasteiger partial charge on any atom is 0.163 e. The molecule has 0 atom stereocenters. The van der Waals surface area contributed by atoms with E-state index in [1.807, 2.05) is 31.2 Å². The normalized spacial score (nSPS) is 10.2. The van der Waals surface area contributed by atoms with Crippen LogP contribution in [0.25, 0.3) is 11.4 Å². The van der Waals surface area contributed by atoms with Gasteiger partial charge in [-0.15, -0.1) is 0 Å². The Morgan fingerprint density at radius 3 is 2.69 bits per heavy atom. The smallest absolute Gasteiger partial charge is 0.163 e. The maximum atomic E-state index is 5.28. The van der Waals surface area contributed by atoms with Crippen molar-refractivity contribution in [3.05, 3.63) is 40.6 Å². The number of rotatable bonds is 2. The number of aryl methyl sites for hydroxylation is 1. The number of nitrogens with zero attached hydrogens (tertiary/aromatic N) is 2. The van der Waals surface area contributed by atoms with E-state index in [2.05, 4.69) is 25.9 Å². The van der Waals surface area contributed by atoms with E-state index in [0.29, 0.717) is 5.82 Å². The molecule has 0 amide bonds. The van der Waals surface area contributed by atoms with Crippen molar-refractivity contribution < 1.29 is 4.74 Å². The van der Waals surface area contributed by atoms with E-state index in [9.17, 15) is 0 Å². The molecule has 0 N–H and O–H groups in total. The summed E-state index contributed by atoms with van der Waals surface area (Å²) in [6, 6.07) is 7.71. The third kappa shape index (κ3) is 2.07. The van der Waals surface area contributed by atoms with Crippen LogP contribution in [0.15, 0.2) is 34.9 Å². The lowest BCUT2D eigenvalue weighted by Gasteiger charge is -2.07. The lowest BCUT2D eigenvalue weighted by Crippen LogP contribution is -1.95. The van der Waals surface area contributed by atoms with Crippen LogP contribution in [0.3, 0.4) is 0 Å². The molecule has 0 radical (unpaired) electrons. The number of para-hydroxylation sites is 1. The van der Waals surface area contributed by atoms with E-state index < -0.39 is 0 Å².